The highest BCUT2D eigenvalue weighted by atomic mass is 16.5. The number of nitrogens with one attached hydrogen (secondary N) is 1. The molecule has 2 rings (SSSR count). The molecule has 2 aromatic rings. The molecule has 2 aromatic heterocycles. The highest BCUT2D eigenvalue weighted by Crippen LogP contribution is 2.16. The highest BCUT2D eigenvalue weighted by Gasteiger charge is 2.06. The largest absolute Gasteiger partial charge is 0.391 e. The van der Waals surface area contributed by atoms with Gasteiger partial charge in [-0.2, -0.15) is 0 Å². The van der Waals surface area contributed by atoms with Crippen LogP contribution in [0.5, 0.6) is 0 Å². The van der Waals surface area contributed by atoms with Gasteiger partial charge in [0.2, 0.25) is 0 Å². The van der Waals surface area contributed by atoms with E-state index in [1.54, 1.807) is 19.5 Å². The lowest BCUT2D eigenvalue weighted by molar-refractivity contribution is 0.0615. The number of methoxy groups -OCH3 is 1. The van der Waals surface area contributed by atoms with Crippen LogP contribution in [0, 0.1) is 6.92 Å². The predicted molar refractivity (Wildman–Crippen MR) is 81.0 cm³/mol. The molecule has 0 fully saturated rings. The lowest BCUT2D eigenvalue weighted by atomic mass is 10.2. The quantitative estimate of drug-likeness (QED) is 0.806. The minimum atomic E-state index is -0.469. The number of rotatable bonds is 7. The molecule has 0 radical (unpaired) electrons. The second-order valence-corrected chi connectivity index (χ2v) is 4.78. The summed E-state index contributed by atoms with van der Waals surface area (Å²) >= 11 is 0. The normalized spacial score (nSPS) is 12.1. The van der Waals surface area contributed by atoms with Crippen molar-refractivity contribution in [2.45, 2.75) is 19.4 Å². The van der Waals surface area contributed by atoms with Crippen molar-refractivity contribution in [3.8, 4) is 11.4 Å². The number of hydrogen-bond acceptors (Lipinski definition) is 6. The summed E-state index contributed by atoms with van der Waals surface area (Å²) in [6.07, 6.45) is 3.58. The van der Waals surface area contributed by atoms with Crippen molar-refractivity contribution in [2.24, 2.45) is 0 Å². The summed E-state index contributed by atoms with van der Waals surface area (Å²) < 4.78 is 4.89. The topological polar surface area (TPSA) is 80.2 Å². The molecule has 0 aliphatic carbocycles. The Morgan fingerprint density at radius 1 is 1.38 bits per heavy atom. The van der Waals surface area contributed by atoms with Gasteiger partial charge in [0.05, 0.1) is 12.7 Å². The Balaban J connectivity index is 2.02. The molecule has 0 aliphatic heterocycles. The van der Waals surface area contributed by atoms with E-state index in [9.17, 15) is 5.11 Å². The van der Waals surface area contributed by atoms with Crippen LogP contribution < -0.4 is 5.32 Å². The van der Waals surface area contributed by atoms with Crippen LogP contribution >= 0.6 is 0 Å². The van der Waals surface area contributed by atoms with Gasteiger partial charge in [0.25, 0.3) is 0 Å². The molecule has 112 valence electrons. The fraction of sp³-hybridized carbons (Fsp3) is 0.400. The zero-order valence-corrected chi connectivity index (χ0v) is 12.3. The third-order valence-electron chi connectivity index (χ3n) is 2.92. The monoisotopic (exact) mass is 288 g/mol. The van der Waals surface area contributed by atoms with Gasteiger partial charge in [-0.1, -0.05) is 0 Å². The number of pyridine rings is 1. The molecule has 1 atom stereocenters. The minimum absolute atomic E-state index is 0.339. The van der Waals surface area contributed by atoms with Crippen LogP contribution in [0.4, 0.5) is 5.82 Å². The molecule has 0 aromatic carbocycles. The smallest absolute Gasteiger partial charge is 0.163 e. The zero-order valence-electron chi connectivity index (χ0n) is 12.3. The van der Waals surface area contributed by atoms with E-state index in [1.807, 2.05) is 25.1 Å². The number of nitrogens with zero attached hydrogens (tertiary/aromatic N) is 3. The number of hydrogen-bond donors (Lipinski definition) is 2. The Bertz CT molecular complexity index is 563. The van der Waals surface area contributed by atoms with Crippen LogP contribution in [-0.4, -0.2) is 46.4 Å². The number of aliphatic hydroxyl groups is 1. The Morgan fingerprint density at radius 3 is 2.95 bits per heavy atom. The number of aromatic nitrogens is 3. The van der Waals surface area contributed by atoms with Crippen molar-refractivity contribution in [2.75, 3.05) is 25.6 Å². The van der Waals surface area contributed by atoms with E-state index in [0.29, 0.717) is 25.4 Å². The van der Waals surface area contributed by atoms with Gasteiger partial charge < -0.3 is 15.2 Å². The SMILES string of the molecule is COCC(O)CCNc1cc(C)nc(-c2cccnc2)n1. The summed E-state index contributed by atoms with van der Waals surface area (Å²) in [7, 11) is 1.57. The number of aliphatic hydroxyl groups excluding tert-OH is 1. The van der Waals surface area contributed by atoms with E-state index in [4.69, 9.17) is 4.74 Å². The molecule has 21 heavy (non-hydrogen) atoms. The molecule has 2 heterocycles. The number of aryl methyl sites for hydroxylation is 1. The van der Waals surface area contributed by atoms with Crippen molar-refractivity contribution >= 4 is 5.82 Å². The average molecular weight is 288 g/mol. The van der Waals surface area contributed by atoms with Crippen molar-refractivity contribution in [1.82, 2.24) is 15.0 Å². The van der Waals surface area contributed by atoms with E-state index in [0.717, 1.165) is 17.1 Å². The van der Waals surface area contributed by atoms with Crippen LogP contribution in [0.1, 0.15) is 12.1 Å². The molecule has 0 aliphatic rings. The van der Waals surface area contributed by atoms with Crippen molar-refractivity contribution in [3.05, 3.63) is 36.3 Å². The van der Waals surface area contributed by atoms with Crippen molar-refractivity contribution in [3.63, 3.8) is 0 Å². The number of ether oxygens (including phenoxy) is 1. The highest BCUT2D eigenvalue weighted by molar-refractivity contribution is 5.56. The first-order chi connectivity index (χ1) is 10.2. The van der Waals surface area contributed by atoms with Gasteiger partial charge in [0.1, 0.15) is 5.82 Å². The molecule has 1 unspecified atom stereocenters. The lowest BCUT2D eigenvalue weighted by Crippen LogP contribution is -2.18. The van der Waals surface area contributed by atoms with Gasteiger partial charge in [-0.05, 0) is 25.5 Å². The van der Waals surface area contributed by atoms with Gasteiger partial charge in [0.15, 0.2) is 5.82 Å². The first-order valence-corrected chi connectivity index (χ1v) is 6.86. The zero-order chi connectivity index (χ0) is 15.1. The maximum Gasteiger partial charge on any atom is 0.163 e. The van der Waals surface area contributed by atoms with Crippen molar-refractivity contribution in [1.29, 1.82) is 0 Å². The summed E-state index contributed by atoms with van der Waals surface area (Å²) in [5.74, 6) is 1.38. The van der Waals surface area contributed by atoms with Gasteiger partial charge in [-0.15, -0.1) is 0 Å². The molecule has 0 spiro atoms. The maximum absolute atomic E-state index is 9.61. The fourth-order valence-corrected chi connectivity index (χ4v) is 1.93. The van der Waals surface area contributed by atoms with E-state index in [-0.39, 0.29) is 0 Å². The van der Waals surface area contributed by atoms with Gasteiger partial charge in [0, 0.05) is 43.4 Å². The summed E-state index contributed by atoms with van der Waals surface area (Å²) in [4.78, 5) is 13.0. The predicted octanol–water partition coefficient (Wildman–Crippen LogP) is 1.66. The van der Waals surface area contributed by atoms with Crippen LogP contribution in [0.2, 0.25) is 0 Å². The molecular formula is C15H20N4O2. The van der Waals surface area contributed by atoms with Gasteiger partial charge >= 0.3 is 0 Å². The Kier molecular flexibility index (Phi) is 5.59. The second-order valence-electron chi connectivity index (χ2n) is 4.78. The van der Waals surface area contributed by atoms with Crippen LogP contribution in [0.3, 0.4) is 0 Å². The fourth-order valence-electron chi connectivity index (χ4n) is 1.93. The molecule has 6 nitrogen and oxygen atoms in total. The average Bonchev–Trinajstić information content (AvgIpc) is 2.48. The standard InChI is InChI=1S/C15H20N4O2/c1-11-8-14(17-7-5-13(20)10-21-2)19-15(18-11)12-4-3-6-16-9-12/h3-4,6,8-9,13,20H,5,7,10H2,1-2H3,(H,17,18,19). The molecule has 0 saturated heterocycles. The van der Waals surface area contributed by atoms with Gasteiger partial charge in [-0.25, -0.2) is 9.97 Å². The van der Waals surface area contributed by atoms with E-state index in [1.165, 1.54) is 0 Å². The molecule has 2 N–H and O–H groups in total. The Labute approximate surface area is 124 Å². The molecule has 0 bridgehead atoms. The summed E-state index contributed by atoms with van der Waals surface area (Å²) in [5, 5.41) is 12.8. The summed E-state index contributed by atoms with van der Waals surface area (Å²) in [6.45, 7) is 2.88. The summed E-state index contributed by atoms with van der Waals surface area (Å²) in [6, 6.07) is 5.66. The first-order valence-electron chi connectivity index (χ1n) is 6.86. The van der Waals surface area contributed by atoms with E-state index < -0.39 is 6.10 Å². The Hall–Kier alpha value is -2.05. The molecule has 0 saturated carbocycles. The third-order valence-corrected chi connectivity index (χ3v) is 2.92. The van der Waals surface area contributed by atoms with Crippen LogP contribution in [0.15, 0.2) is 30.6 Å². The second kappa shape index (κ2) is 7.66. The van der Waals surface area contributed by atoms with Crippen LogP contribution in [0.25, 0.3) is 11.4 Å². The van der Waals surface area contributed by atoms with Crippen molar-refractivity contribution < 1.29 is 9.84 Å². The van der Waals surface area contributed by atoms with E-state index in [2.05, 4.69) is 20.3 Å². The minimum Gasteiger partial charge on any atom is -0.391 e. The van der Waals surface area contributed by atoms with Crippen LogP contribution in [-0.2, 0) is 4.74 Å². The first kappa shape index (κ1) is 15.3. The third kappa shape index (κ3) is 4.77. The number of anilines is 1. The van der Waals surface area contributed by atoms with E-state index >= 15 is 0 Å². The van der Waals surface area contributed by atoms with Gasteiger partial charge in [-0.3, -0.25) is 4.98 Å². The maximum atomic E-state index is 9.61. The summed E-state index contributed by atoms with van der Waals surface area (Å²) in [5.41, 5.74) is 1.76. The lowest BCUT2D eigenvalue weighted by Gasteiger charge is -2.11. The molecule has 0 amide bonds. The Morgan fingerprint density at radius 2 is 2.24 bits per heavy atom. The molecular weight excluding hydrogens is 268 g/mol. The molecule has 6 heteroatoms.